The van der Waals surface area contributed by atoms with Crippen LogP contribution in [0.1, 0.15) is 62.9 Å². The monoisotopic (exact) mass is 615 g/mol. The van der Waals surface area contributed by atoms with E-state index in [1.54, 1.807) is 19.1 Å². The molecule has 1 atom stereocenters. The van der Waals surface area contributed by atoms with Gasteiger partial charge in [-0.1, -0.05) is 25.7 Å². The largest absolute Gasteiger partial charge is 0.374 e. The lowest BCUT2D eigenvalue weighted by Crippen LogP contribution is -2.58. The van der Waals surface area contributed by atoms with Crippen LogP contribution in [0, 0.1) is 5.92 Å². The maximum absolute atomic E-state index is 13.3. The van der Waals surface area contributed by atoms with Gasteiger partial charge in [-0.3, -0.25) is 19.2 Å². The van der Waals surface area contributed by atoms with E-state index in [1.807, 2.05) is 41.8 Å². The van der Waals surface area contributed by atoms with Crippen LogP contribution in [0.4, 0.5) is 0 Å². The molecule has 44 heavy (non-hydrogen) atoms. The third kappa shape index (κ3) is 9.97. The number of hydrogen-bond acceptors (Lipinski definition) is 8. The average molecular weight is 616 g/mol. The van der Waals surface area contributed by atoms with E-state index in [-0.39, 0.29) is 23.5 Å². The quantitative estimate of drug-likeness (QED) is 0.194. The highest BCUT2D eigenvalue weighted by atomic mass is 16.7. The van der Waals surface area contributed by atoms with E-state index in [0.717, 1.165) is 56.9 Å². The minimum Gasteiger partial charge on any atom is -0.374 e. The summed E-state index contributed by atoms with van der Waals surface area (Å²) in [5.74, 6) is 0.752. The Morgan fingerprint density at radius 1 is 1.23 bits per heavy atom. The number of carbonyl (C=O) groups excluding carboxylic acids is 2. The lowest BCUT2D eigenvalue weighted by atomic mass is 9.89. The van der Waals surface area contributed by atoms with Gasteiger partial charge in [0.15, 0.2) is 6.29 Å². The van der Waals surface area contributed by atoms with Gasteiger partial charge in [0.25, 0.3) is 5.91 Å². The summed E-state index contributed by atoms with van der Waals surface area (Å²) in [4.78, 5) is 32.1. The van der Waals surface area contributed by atoms with Crippen molar-refractivity contribution in [3.8, 4) is 0 Å². The van der Waals surface area contributed by atoms with Crippen LogP contribution in [-0.4, -0.2) is 128 Å². The summed E-state index contributed by atoms with van der Waals surface area (Å²) in [6.07, 6.45) is 10.7. The molecule has 2 aliphatic heterocycles. The highest BCUT2D eigenvalue weighted by Gasteiger charge is 2.41. The summed E-state index contributed by atoms with van der Waals surface area (Å²) in [5, 5.41) is 4.56. The highest BCUT2D eigenvalue weighted by molar-refractivity contribution is 5.92. The number of piperidine rings is 1. The van der Waals surface area contributed by atoms with Gasteiger partial charge in [-0.2, -0.15) is 5.10 Å². The molecule has 1 unspecified atom stereocenters. The third-order valence-electron chi connectivity index (χ3n) is 8.86. The Morgan fingerprint density at radius 3 is 2.64 bits per heavy atom. The van der Waals surface area contributed by atoms with Crippen molar-refractivity contribution in [2.75, 3.05) is 73.2 Å². The summed E-state index contributed by atoms with van der Waals surface area (Å²) in [6.45, 7) is 14.7. The number of hydrogen-bond donors (Lipinski definition) is 0. The van der Waals surface area contributed by atoms with E-state index >= 15 is 0 Å². The summed E-state index contributed by atoms with van der Waals surface area (Å²) >= 11 is 0. The van der Waals surface area contributed by atoms with Crippen LogP contribution in [0.2, 0.25) is 0 Å². The van der Waals surface area contributed by atoms with Gasteiger partial charge in [-0.25, -0.2) is 0 Å². The topological polar surface area (TPSA) is 98.6 Å². The van der Waals surface area contributed by atoms with Crippen molar-refractivity contribution >= 4 is 11.8 Å². The molecule has 1 aromatic heterocycles. The number of aromatic nitrogens is 2. The molecule has 3 aliphatic rings. The molecular formula is C33H53N5O6. The summed E-state index contributed by atoms with van der Waals surface area (Å²) < 4.78 is 24.8. The fraction of sp³-hybridized carbons (Fsp3) is 0.727. The van der Waals surface area contributed by atoms with Crippen LogP contribution in [0.15, 0.2) is 36.6 Å². The van der Waals surface area contributed by atoms with Crippen molar-refractivity contribution < 1.29 is 28.5 Å². The molecule has 1 spiro atoms. The number of nitrogens with zero attached hydrogens (tertiary/aromatic N) is 5. The van der Waals surface area contributed by atoms with E-state index in [2.05, 4.69) is 22.7 Å². The minimum absolute atomic E-state index is 0.00411. The van der Waals surface area contributed by atoms with Crippen molar-refractivity contribution in [3.05, 3.63) is 42.3 Å². The van der Waals surface area contributed by atoms with Crippen molar-refractivity contribution in [3.63, 3.8) is 0 Å². The zero-order chi connectivity index (χ0) is 31.5. The van der Waals surface area contributed by atoms with E-state index < -0.39 is 6.29 Å². The Balaban J connectivity index is 1.20. The number of carbonyl (C=O) groups is 2. The number of rotatable bonds is 17. The maximum atomic E-state index is 13.3. The highest BCUT2D eigenvalue weighted by Crippen LogP contribution is 2.32. The number of likely N-dealkylation sites (tertiary alicyclic amines) is 1. The number of methoxy groups -OCH3 is 2. The number of morpholine rings is 1. The molecule has 3 fully saturated rings. The first-order chi connectivity index (χ1) is 21.3. The zero-order valence-electron chi connectivity index (χ0n) is 27.2. The van der Waals surface area contributed by atoms with Crippen LogP contribution in [-0.2, 0) is 30.3 Å². The average Bonchev–Trinajstić information content (AvgIpc) is 3.73. The van der Waals surface area contributed by atoms with E-state index in [4.69, 9.17) is 18.9 Å². The molecule has 0 aromatic carbocycles. The summed E-state index contributed by atoms with van der Waals surface area (Å²) in [6, 6.07) is 1.85. The summed E-state index contributed by atoms with van der Waals surface area (Å²) in [5.41, 5.74) is 1.32. The van der Waals surface area contributed by atoms with Crippen molar-refractivity contribution in [2.45, 2.75) is 76.9 Å². The molecule has 2 amide bonds. The standard InChI is InChI=1S/C33H53N5O6/c1-6-14-36(24-31(41-4)42-5)30(39)11-19-43-26(3)21-27(7-2)22-35-16-12-33(13-17-35)25-37(18-20-44-33)32(40)29-10-15-38(34-29)23-28-8-9-28/h7,10,15,21,26,28,31H,2,6,8-9,11-14,16-20,22-25H2,1,3-5H3/b27-21+. The second kappa shape index (κ2) is 16.7. The van der Waals surface area contributed by atoms with Gasteiger partial charge in [0.05, 0.1) is 44.4 Å². The molecule has 1 aromatic rings. The first kappa shape index (κ1) is 34.3. The molecule has 246 valence electrons. The van der Waals surface area contributed by atoms with Crippen molar-refractivity contribution in [1.82, 2.24) is 24.5 Å². The van der Waals surface area contributed by atoms with E-state index in [0.29, 0.717) is 51.5 Å². The predicted octanol–water partition coefficient (Wildman–Crippen LogP) is 3.37. The Morgan fingerprint density at radius 2 is 1.98 bits per heavy atom. The molecule has 4 rings (SSSR count). The molecule has 3 heterocycles. The molecule has 2 saturated heterocycles. The molecule has 0 N–H and O–H groups in total. The van der Waals surface area contributed by atoms with Crippen LogP contribution in [0.3, 0.4) is 0 Å². The van der Waals surface area contributed by atoms with Crippen molar-refractivity contribution in [2.24, 2.45) is 5.92 Å². The Bertz CT molecular complexity index is 1110. The van der Waals surface area contributed by atoms with Crippen molar-refractivity contribution in [1.29, 1.82) is 0 Å². The van der Waals surface area contributed by atoms with Gasteiger partial charge in [-0.05, 0) is 56.6 Å². The van der Waals surface area contributed by atoms with Crippen LogP contribution in [0.25, 0.3) is 0 Å². The molecule has 1 aliphatic carbocycles. The van der Waals surface area contributed by atoms with Gasteiger partial charge < -0.3 is 28.7 Å². The van der Waals surface area contributed by atoms with Crippen LogP contribution in [0.5, 0.6) is 0 Å². The maximum Gasteiger partial charge on any atom is 0.274 e. The van der Waals surface area contributed by atoms with Gasteiger partial charge in [-0.15, -0.1) is 0 Å². The first-order valence-corrected chi connectivity index (χ1v) is 16.2. The second-order valence-electron chi connectivity index (χ2n) is 12.4. The van der Waals surface area contributed by atoms with Gasteiger partial charge >= 0.3 is 0 Å². The molecule has 1 saturated carbocycles. The van der Waals surface area contributed by atoms with Gasteiger partial charge in [0, 0.05) is 59.7 Å². The minimum atomic E-state index is -0.439. The molecule has 11 heteroatoms. The normalized spacial score (nSPS) is 19.8. The number of amides is 2. The fourth-order valence-corrected chi connectivity index (χ4v) is 6.04. The Kier molecular flexibility index (Phi) is 13.0. The molecule has 0 radical (unpaired) electrons. The first-order valence-electron chi connectivity index (χ1n) is 16.2. The zero-order valence-corrected chi connectivity index (χ0v) is 27.2. The molecular weight excluding hydrogens is 562 g/mol. The SMILES string of the molecule is C=C/C(=C\C(C)OCCC(=O)N(CCC)CC(OC)OC)CN1CCC2(CC1)CN(C(=O)c1ccn(CC3CC3)n1)CCO2. The molecule has 11 nitrogen and oxygen atoms in total. The van der Waals surface area contributed by atoms with Crippen LogP contribution >= 0.6 is 0 Å². The smallest absolute Gasteiger partial charge is 0.274 e. The van der Waals surface area contributed by atoms with Gasteiger partial charge in [0.1, 0.15) is 5.69 Å². The van der Waals surface area contributed by atoms with E-state index in [9.17, 15) is 9.59 Å². The fourth-order valence-electron chi connectivity index (χ4n) is 6.04. The number of ether oxygens (including phenoxy) is 4. The second-order valence-corrected chi connectivity index (χ2v) is 12.4. The Labute approximate surface area is 263 Å². The lowest BCUT2D eigenvalue weighted by molar-refractivity contribution is -0.146. The van der Waals surface area contributed by atoms with Gasteiger partial charge in [0.2, 0.25) is 5.91 Å². The lowest BCUT2D eigenvalue weighted by Gasteiger charge is -2.47. The van der Waals surface area contributed by atoms with E-state index in [1.165, 1.54) is 12.8 Å². The Hall–Kier alpha value is -2.57. The van der Waals surface area contributed by atoms with Crippen LogP contribution < -0.4 is 0 Å². The predicted molar refractivity (Wildman–Crippen MR) is 168 cm³/mol. The summed E-state index contributed by atoms with van der Waals surface area (Å²) in [7, 11) is 3.15. The third-order valence-corrected chi connectivity index (χ3v) is 8.86. The molecule has 0 bridgehead atoms.